The van der Waals surface area contributed by atoms with Gasteiger partial charge in [-0.05, 0) is 36.6 Å². The van der Waals surface area contributed by atoms with Crippen molar-refractivity contribution in [3.8, 4) is 0 Å². The molecule has 128 valence electrons. The summed E-state index contributed by atoms with van der Waals surface area (Å²) in [6.45, 7) is 4.18. The third-order valence-corrected chi connectivity index (χ3v) is 5.59. The summed E-state index contributed by atoms with van der Waals surface area (Å²) in [6, 6.07) is 4.78. The maximum absolute atomic E-state index is 12.2. The van der Waals surface area contributed by atoms with E-state index in [0.29, 0.717) is 12.3 Å². The Hall–Kier alpha value is -0.670. The first-order chi connectivity index (χ1) is 9.56. The number of sulfone groups is 1. The van der Waals surface area contributed by atoms with E-state index in [-0.39, 0.29) is 34.8 Å². The summed E-state index contributed by atoms with van der Waals surface area (Å²) in [5, 5.41) is 0. The molecule has 0 aromatic heterocycles. The molecule has 0 spiro atoms. The molecule has 0 fully saturated rings. The molecule has 1 unspecified atom stereocenters. The summed E-state index contributed by atoms with van der Waals surface area (Å²) in [5.41, 5.74) is 5.58. The van der Waals surface area contributed by atoms with Crippen molar-refractivity contribution < 1.29 is 16.8 Å². The molecular weight excluding hydrogens is 348 g/mol. The predicted molar refractivity (Wildman–Crippen MR) is 89.4 cm³/mol. The number of sulfonamides is 1. The SMILES string of the molecule is CC(C)CC(CN)NS(=O)(=O)c1ccc(S(C)(=O)=O)cc1.Cl. The van der Waals surface area contributed by atoms with Crippen LogP contribution in [-0.2, 0) is 19.9 Å². The van der Waals surface area contributed by atoms with Gasteiger partial charge < -0.3 is 5.73 Å². The number of rotatable bonds is 7. The van der Waals surface area contributed by atoms with Crippen molar-refractivity contribution in [2.24, 2.45) is 11.7 Å². The molecule has 1 atom stereocenters. The van der Waals surface area contributed by atoms with Crippen molar-refractivity contribution in [2.45, 2.75) is 36.1 Å². The molecule has 0 amide bonds. The minimum atomic E-state index is -3.70. The van der Waals surface area contributed by atoms with Gasteiger partial charge in [-0.15, -0.1) is 12.4 Å². The van der Waals surface area contributed by atoms with E-state index < -0.39 is 19.9 Å². The fourth-order valence-corrected chi connectivity index (χ4v) is 3.81. The van der Waals surface area contributed by atoms with Gasteiger partial charge in [0.05, 0.1) is 9.79 Å². The zero-order valence-corrected chi connectivity index (χ0v) is 15.3. The Kier molecular flexibility index (Phi) is 8.01. The second-order valence-corrected chi connectivity index (χ2v) is 9.16. The van der Waals surface area contributed by atoms with Crippen molar-refractivity contribution >= 4 is 32.3 Å². The van der Waals surface area contributed by atoms with E-state index >= 15 is 0 Å². The van der Waals surface area contributed by atoms with E-state index in [2.05, 4.69) is 4.72 Å². The lowest BCUT2D eigenvalue weighted by Gasteiger charge is -2.18. The molecule has 22 heavy (non-hydrogen) atoms. The molecule has 0 aliphatic rings. The van der Waals surface area contributed by atoms with Crippen LogP contribution in [0, 0.1) is 5.92 Å². The maximum Gasteiger partial charge on any atom is 0.240 e. The monoisotopic (exact) mass is 370 g/mol. The van der Waals surface area contributed by atoms with Crippen LogP contribution < -0.4 is 10.5 Å². The Bertz CT molecular complexity index is 670. The molecule has 0 radical (unpaired) electrons. The Morgan fingerprint density at radius 1 is 1.05 bits per heavy atom. The molecule has 1 rings (SSSR count). The first-order valence-corrected chi connectivity index (χ1v) is 9.96. The smallest absolute Gasteiger partial charge is 0.240 e. The highest BCUT2D eigenvalue weighted by Gasteiger charge is 2.20. The van der Waals surface area contributed by atoms with Crippen molar-refractivity contribution in [1.29, 1.82) is 0 Å². The normalized spacial score (nSPS) is 13.7. The standard InChI is InChI=1S/C13H22N2O4S2.ClH/c1-10(2)8-11(9-14)15-21(18,19)13-6-4-12(5-7-13)20(3,16)17;/h4-7,10-11,15H,8-9,14H2,1-3H3;1H. The number of benzene rings is 1. The average Bonchev–Trinajstić information content (AvgIpc) is 2.36. The van der Waals surface area contributed by atoms with Gasteiger partial charge in [0.25, 0.3) is 0 Å². The molecule has 1 aromatic rings. The number of hydrogen-bond acceptors (Lipinski definition) is 5. The molecule has 0 aliphatic carbocycles. The van der Waals surface area contributed by atoms with Crippen LogP contribution in [0.15, 0.2) is 34.1 Å². The molecule has 6 nitrogen and oxygen atoms in total. The van der Waals surface area contributed by atoms with Crippen LogP contribution in [0.2, 0.25) is 0 Å². The van der Waals surface area contributed by atoms with Crippen LogP contribution in [0.5, 0.6) is 0 Å². The van der Waals surface area contributed by atoms with E-state index in [4.69, 9.17) is 5.73 Å². The van der Waals surface area contributed by atoms with Crippen molar-refractivity contribution in [2.75, 3.05) is 12.8 Å². The maximum atomic E-state index is 12.2. The second-order valence-electron chi connectivity index (χ2n) is 5.43. The molecule has 1 aromatic carbocycles. The molecule has 0 saturated heterocycles. The van der Waals surface area contributed by atoms with Crippen LogP contribution in [0.25, 0.3) is 0 Å². The fraction of sp³-hybridized carbons (Fsp3) is 0.538. The Labute approximate surface area is 138 Å². The largest absolute Gasteiger partial charge is 0.329 e. The van der Waals surface area contributed by atoms with Gasteiger partial charge in [-0.1, -0.05) is 13.8 Å². The summed E-state index contributed by atoms with van der Waals surface area (Å²) in [5.74, 6) is 0.314. The van der Waals surface area contributed by atoms with Crippen molar-refractivity contribution in [3.63, 3.8) is 0 Å². The van der Waals surface area contributed by atoms with E-state index in [0.717, 1.165) is 6.26 Å². The average molecular weight is 371 g/mol. The number of hydrogen-bond donors (Lipinski definition) is 2. The topological polar surface area (TPSA) is 106 Å². The van der Waals surface area contributed by atoms with Gasteiger partial charge in [0.1, 0.15) is 0 Å². The molecule has 3 N–H and O–H groups in total. The van der Waals surface area contributed by atoms with Gasteiger partial charge in [0.2, 0.25) is 10.0 Å². The molecule has 0 aliphatic heterocycles. The van der Waals surface area contributed by atoms with Crippen molar-refractivity contribution in [1.82, 2.24) is 4.72 Å². The first-order valence-electron chi connectivity index (χ1n) is 6.59. The summed E-state index contributed by atoms with van der Waals surface area (Å²) in [6.07, 6.45) is 1.71. The van der Waals surface area contributed by atoms with Gasteiger partial charge >= 0.3 is 0 Å². The minimum absolute atomic E-state index is 0. The predicted octanol–water partition coefficient (Wildman–Crippen LogP) is 1.16. The Balaban J connectivity index is 0.00000441. The minimum Gasteiger partial charge on any atom is -0.329 e. The van der Waals surface area contributed by atoms with Crippen LogP contribution in [0.1, 0.15) is 20.3 Å². The molecule has 0 saturated carbocycles. The van der Waals surface area contributed by atoms with E-state index in [1.54, 1.807) is 0 Å². The van der Waals surface area contributed by atoms with Gasteiger partial charge in [0.15, 0.2) is 9.84 Å². The molecule has 9 heteroatoms. The van der Waals surface area contributed by atoms with Crippen molar-refractivity contribution in [3.05, 3.63) is 24.3 Å². The van der Waals surface area contributed by atoms with Gasteiger partial charge in [0, 0.05) is 18.8 Å². The molecule has 0 bridgehead atoms. The highest BCUT2D eigenvalue weighted by Crippen LogP contribution is 2.15. The van der Waals surface area contributed by atoms with E-state index in [9.17, 15) is 16.8 Å². The number of nitrogens with two attached hydrogens (primary N) is 1. The van der Waals surface area contributed by atoms with Gasteiger partial charge in [-0.3, -0.25) is 0 Å². The fourth-order valence-electron chi connectivity index (χ4n) is 1.91. The molecule has 0 heterocycles. The zero-order chi connectivity index (χ0) is 16.3. The Morgan fingerprint density at radius 2 is 1.50 bits per heavy atom. The summed E-state index contributed by atoms with van der Waals surface area (Å²) < 4.78 is 49.7. The third kappa shape index (κ3) is 6.21. The second kappa shape index (κ2) is 8.26. The highest BCUT2D eigenvalue weighted by molar-refractivity contribution is 7.90. The lowest BCUT2D eigenvalue weighted by molar-refractivity contribution is 0.465. The molecular formula is C13H23ClN2O4S2. The van der Waals surface area contributed by atoms with E-state index in [1.165, 1.54) is 24.3 Å². The summed E-state index contributed by atoms with van der Waals surface area (Å²) in [4.78, 5) is 0.108. The lowest BCUT2D eigenvalue weighted by Crippen LogP contribution is -2.40. The number of nitrogens with one attached hydrogen (secondary N) is 1. The van der Waals surface area contributed by atoms with Crippen LogP contribution in [-0.4, -0.2) is 35.7 Å². The lowest BCUT2D eigenvalue weighted by atomic mass is 10.1. The van der Waals surface area contributed by atoms with Crippen LogP contribution in [0.4, 0.5) is 0 Å². The zero-order valence-electron chi connectivity index (χ0n) is 12.8. The highest BCUT2D eigenvalue weighted by atomic mass is 35.5. The van der Waals surface area contributed by atoms with Gasteiger partial charge in [-0.25, -0.2) is 21.6 Å². The Morgan fingerprint density at radius 3 is 1.86 bits per heavy atom. The van der Waals surface area contributed by atoms with Crippen LogP contribution >= 0.6 is 12.4 Å². The summed E-state index contributed by atoms with van der Waals surface area (Å²) >= 11 is 0. The van der Waals surface area contributed by atoms with Crippen LogP contribution in [0.3, 0.4) is 0 Å². The first kappa shape index (κ1) is 21.3. The van der Waals surface area contributed by atoms with Gasteiger partial charge in [-0.2, -0.15) is 0 Å². The third-order valence-electron chi connectivity index (χ3n) is 2.92. The number of halogens is 1. The quantitative estimate of drug-likeness (QED) is 0.749. The summed E-state index contributed by atoms with van der Waals surface area (Å²) in [7, 11) is -7.05. The van der Waals surface area contributed by atoms with E-state index in [1.807, 2.05) is 13.8 Å².